The molecule has 1 aliphatic rings. The largest absolute Gasteiger partial charge is 0.444 e. The highest BCUT2D eigenvalue weighted by atomic mass is 35.5. The first-order valence-corrected chi connectivity index (χ1v) is 12.6. The molecule has 4 aromatic heterocycles. The van der Waals surface area contributed by atoms with Gasteiger partial charge in [-0.25, -0.2) is 14.8 Å². The number of hydrogen-bond acceptors (Lipinski definition) is 5. The van der Waals surface area contributed by atoms with Crippen LogP contribution in [0.25, 0.3) is 16.4 Å². The van der Waals surface area contributed by atoms with Crippen molar-refractivity contribution in [1.82, 2.24) is 23.8 Å². The summed E-state index contributed by atoms with van der Waals surface area (Å²) in [6, 6.07) is 7.46. The number of rotatable bonds is 6. The predicted molar refractivity (Wildman–Crippen MR) is 139 cm³/mol. The Morgan fingerprint density at radius 3 is 2.75 bits per heavy atom. The Balaban J connectivity index is 1.36. The summed E-state index contributed by atoms with van der Waals surface area (Å²) in [6.45, 7) is 7.16. The van der Waals surface area contributed by atoms with E-state index in [1.807, 2.05) is 60.7 Å². The summed E-state index contributed by atoms with van der Waals surface area (Å²) in [7, 11) is 0. The van der Waals surface area contributed by atoms with E-state index in [1.165, 1.54) is 12.6 Å². The third-order valence-electron chi connectivity index (χ3n) is 6.45. The molecule has 0 unspecified atom stereocenters. The Hall–Kier alpha value is -3.39. The third-order valence-corrected chi connectivity index (χ3v) is 6.66. The zero-order chi connectivity index (χ0) is 25.4. The van der Waals surface area contributed by atoms with Gasteiger partial charge in [0.05, 0.1) is 24.2 Å². The molecule has 0 atom stereocenters. The lowest BCUT2D eigenvalue weighted by Crippen LogP contribution is -2.40. The van der Waals surface area contributed by atoms with E-state index in [1.54, 1.807) is 16.8 Å². The molecule has 1 amide bonds. The molecule has 4 aromatic rings. The molecule has 188 valence electrons. The van der Waals surface area contributed by atoms with Gasteiger partial charge in [0, 0.05) is 31.3 Å². The number of pyridine rings is 3. The topological polar surface area (TPSA) is 81.7 Å². The highest BCUT2D eigenvalue weighted by Crippen LogP contribution is 2.28. The van der Waals surface area contributed by atoms with E-state index in [2.05, 4.69) is 9.97 Å². The van der Waals surface area contributed by atoms with Gasteiger partial charge in [0.15, 0.2) is 0 Å². The molecule has 5 rings (SSSR count). The van der Waals surface area contributed by atoms with Crippen LogP contribution in [0.15, 0.2) is 53.8 Å². The van der Waals surface area contributed by atoms with Crippen LogP contribution in [-0.4, -0.2) is 42.1 Å². The second-order valence-corrected chi connectivity index (χ2v) is 10.9. The number of hydrogen-bond donors (Lipinski definition) is 0. The van der Waals surface area contributed by atoms with Crippen molar-refractivity contribution in [3.8, 4) is 0 Å². The first-order chi connectivity index (χ1) is 17.1. The van der Waals surface area contributed by atoms with Gasteiger partial charge in [-0.1, -0.05) is 24.1 Å². The Bertz CT molecular complexity index is 1480. The van der Waals surface area contributed by atoms with Gasteiger partial charge in [-0.3, -0.25) is 4.79 Å². The Kier molecular flexibility index (Phi) is 6.47. The molecule has 0 aromatic carbocycles. The van der Waals surface area contributed by atoms with Crippen LogP contribution < -0.4 is 5.56 Å². The monoisotopic (exact) mass is 507 g/mol. The minimum atomic E-state index is -0.540. The summed E-state index contributed by atoms with van der Waals surface area (Å²) in [5, 5.41) is 1.63. The van der Waals surface area contributed by atoms with E-state index in [0.717, 1.165) is 35.1 Å². The predicted octanol–water partition coefficient (Wildman–Crippen LogP) is 5.28. The fourth-order valence-corrected chi connectivity index (χ4v) is 4.62. The molecular weight excluding hydrogens is 478 g/mol. The van der Waals surface area contributed by atoms with Gasteiger partial charge < -0.3 is 18.6 Å². The number of halogens is 1. The maximum absolute atomic E-state index is 12.9. The molecule has 1 aliphatic carbocycles. The van der Waals surface area contributed by atoms with Gasteiger partial charge in [0.2, 0.25) is 0 Å². The highest BCUT2D eigenvalue weighted by Gasteiger charge is 2.27. The van der Waals surface area contributed by atoms with Crippen LogP contribution in [0.2, 0.25) is 5.15 Å². The molecule has 8 nitrogen and oxygen atoms in total. The van der Waals surface area contributed by atoms with Crippen molar-refractivity contribution in [2.75, 3.05) is 6.54 Å². The van der Waals surface area contributed by atoms with Crippen molar-refractivity contribution < 1.29 is 9.53 Å². The zero-order valence-electron chi connectivity index (χ0n) is 20.8. The fraction of sp³-hybridized carbons (Fsp3) is 0.407. The van der Waals surface area contributed by atoms with Crippen molar-refractivity contribution in [1.29, 1.82) is 0 Å². The van der Waals surface area contributed by atoms with Gasteiger partial charge in [-0.2, -0.15) is 0 Å². The van der Waals surface area contributed by atoms with E-state index < -0.39 is 5.60 Å². The molecule has 4 heterocycles. The lowest BCUT2D eigenvalue weighted by molar-refractivity contribution is 0.0173. The van der Waals surface area contributed by atoms with Gasteiger partial charge in [0.1, 0.15) is 16.4 Å². The standard InChI is InChI=1S/C27H30ClN5O3/c1-27(2,3)36-26(35)33(13-18-5-4-6-18)15-19-7-8-24-30-21(17-32(24)14-19)16-31-10-9-20-11-23(28)29-12-22(20)25(31)34/h7-12,14,17-18H,4-6,13,15-16H2,1-3H3. The zero-order valence-corrected chi connectivity index (χ0v) is 21.5. The molecular formula is C27H30ClN5O3. The molecule has 1 saturated carbocycles. The van der Waals surface area contributed by atoms with Crippen molar-refractivity contribution in [2.45, 2.75) is 58.7 Å². The minimum Gasteiger partial charge on any atom is -0.444 e. The lowest BCUT2D eigenvalue weighted by Gasteiger charge is -2.33. The molecule has 36 heavy (non-hydrogen) atoms. The molecule has 9 heteroatoms. The Morgan fingerprint density at radius 2 is 2.03 bits per heavy atom. The van der Waals surface area contributed by atoms with Crippen molar-refractivity contribution in [2.24, 2.45) is 5.92 Å². The van der Waals surface area contributed by atoms with Gasteiger partial charge in [-0.05, 0) is 68.7 Å². The summed E-state index contributed by atoms with van der Waals surface area (Å²) >= 11 is 5.95. The summed E-state index contributed by atoms with van der Waals surface area (Å²) in [5.74, 6) is 0.535. The van der Waals surface area contributed by atoms with E-state index in [9.17, 15) is 9.59 Å². The normalized spacial score (nSPS) is 14.2. The first kappa shape index (κ1) is 24.3. The lowest BCUT2D eigenvalue weighted by atomic mass is 9.85. The molecule has 0 radical (unpaired) electrons. The van der Waals surface area contributed by atoms with Crippen LogP contribution in [0.4, 0.5) is 4.79 Å². The van der Waals surface area contributed by atoms with Crippen LogP contribution in [0.3, 0.4) is 0 Å². The number of aromatic nitrogens is 4. The van der Waals surface area contributed by atoms with Crippen LogP contribution in [0.1, 0.15) is 51.3 Å². The van der Waals surface area contributed by atoms with E-state index in [0.29, 0.717) is 36.1 Å². The fourth-order valence-electron chi connectivity index (χ4n) is 4.45. The summed E-state index contributed by atoms with van der Waals surface area (Å²) < 4.78 is 9.23. The van der Waals surface area contributed by atoms with E-state index in [-0.39, 0.29) is 11.7 Å². The summed E-state index contributed by atoms with van der Waals surface area (Å²) in [5.41, 5.74) is 1.84. The van der Waals surface area contributed by atoms with E-state index >= 15 is 0 Å². The number of fused-ring (bicyclic) bond motifs is 2. The smallest absolute Gasteiger partial charge is 0.410 e. The van der Waals surface area contributed by atoms with Crippen LogP contribution in [0, 0.1) is 5.92 Å². The summed E-state index contributed by atoms with van der Waals surface area (Å²) in [4.78, 5) is 36.3. The van der Waals surface area contributed by atoms with Gasteiger partial charge in [0.25, 0.3) is 5.56 Å². The van der Waals surface area contributed by atoms with Crippen molar-refractivity contribution >= 4 is 34.1 Å². The molecule has 0 bridgehead atoms. The number of amides is 1. The number of nitrogens with zero attached hydrogens (tertiary/aromatic N) is 5. The van der Waals surface area contributed by atoms with Crippen LogP contribution in [-0.2, 0) is 17.8 Å². The van der Waals surface area contributed by atoms with Gasteiger partial charge in [-0.15, -0.1) is 0 Å². The van der Waals surface area contributed by atoms with Gasteiger partial charge >= 0.3 is 6.09 Å². The average molecular weight is 508 g/mol. The SMILES string of the molecule is CC(C)(C)OC(=O)N(Cc1ccc2nc(Cn3ccc4cc(Cl)ncc4c3=O)cn2c1)CC1CCC1. The summed E-state index contributed by atoms with van der Waals surface area (Å²) in [6.07, 6.45) is 10.4. The molecule has 0 N–H and O–H groups in total. The molecule has 0 saturated heterocycles. The number of carbonyl (C=O) groups is 1. The van der Waals surface area contributed by atoms with Crippen molar-refractivity contribution in [3.05, 3.63) is 75.8 Å². The average Bonchev–Trinajstić information content (AvgIpc) is 3.17. The van der Waals surface area contributed by atoms with E-state index in [4.69, 9.17) is 16.3 Å². The number of carbonyl (C=O) groups excluding carboxylic acids is 1. The minimum absolute atomic E-state index is 0.140. The third kappa shape index (κ3) is 5.38. The highest BCUT2D eigenvalue weighted by molar-refractivity contribution is 6.30. The second-order valence-electron chi connectivity index (χ2n) is 10.5. The Labute approximate surface area is 214 Å². The van der Waals surface area contributed by atoms with Crippen molar-refractivity contribution in [3.63, 3.8) is 0 Å². The maximum atomic E-state index is 12.9. The molecule has 0 spiro atoms. The van der Waals surface area contributed by atoms with Crippen LogP contribution in [0.5, 0.6) is 0 Å². The molecule has 0 aliphatic heterocycles. The number of ether oxygens (including phenoxy) is 1. The maximum Gasteiger partial charge on any atom is 0.410 e. The quantitative estimate of drug-likeness (QED) is 0.331. The first-order valence-electron chi connectivity index (χ1n) is 12.2. The Morgan fingerprint density at radius 1 is 1.22 bits per heavy atom. The second kappa shape index (κ2) is 9.58. The van der Waals surface area contributed by atoms with Crippen LogP contribution >= 0.6 is 11.6 Å². The number of imidazole rings is 1. The molecule has 1 fully saturated rings.